The van der Waals surface area contributed by atoms with Crippen molar-refractivity contribution >= 4 is 17.5 Å². The van der Waals surface area contributed by atoms with E-state index in [4.69, 9.17) is 9.47 Å². The molecule has 0 atom stereocenters. The number of rotatable bonds is 4. The van der Waals surface area contributed by atoms with Gasteiger partial charge >= 0.3 is 0 Å². The first kappa shape index (κ1) is 19.1. The van der Waals surface area contributed by atoms with Crippen LogP contribution in [0.25, 0.3) is 0 Å². The third kappa shape index (κ3) is 3.99. The number of piperazine rings is 1. The van der Waals surface area contributed by atoms with Gasteiger partial charge in [-0.15, -0.1) is 0 Å². The second kappa shape index (κ2) is 8.03. The molecule has 2 amide bonds. The Morgan fingerprint density at radius 3 is 2.55 bits per heavy atom. The first-order valence-electron chi connectivity index (χ1n) is 9.80. The van der Waals surface area contributed by atoms with Gasteiger partial charge in [-0.25, -0.2) is 0 Å². The summed E-state index contributed by atoms with van der Waals surface area (Å²) in [6, 6.07) is 11.3. The van der Waals surface area contributed by atoms with Crippen molar-refractivity contribution < 1.29 is 19.1 Å². The predicted octanol–water partition coefficient (Wildman–Crippen LogP) is 2.11. The molecule has 2 aliphatic rings. The molecule has 1 fully saturated rings. The summed E-state index contributed by atoms with van der Waals surface area (Å²) >= 11 is 0. The molecule has 1 N–H and O–H groups in total. The Balaban J connectivity index is 1.29. The molecule has 0 bridgehead atoms. The Hall–Kier alpha value is -3.22. The number of anilines is 1. The van der Waals surface area contributed by atoms with Crippen molar-refractivity contribution in [3.05, 3.63) is 53.1 Å². The lowest BCUT2D eigenvalue weighted by Gasteiger charge is -2.37. The number of ether oxygens (including phenoxy) is 2. The van der Waals surface area contributed by atoms with Crippen LogP contribution in [0.4, 0.5) is 5.69 Å². The number of fused-ring (bicyclic) bond motifs is 1. The van der Waals surface area contributed by atoms with Gasteiger partial charge in [0.2, 0.25) is 12.7 Å². The normalized spacial score (nSPS) is 15.4. The van der Waals surface area contributed by atoms with Gasteiger partial charge in [0.15, 0.2) is 11.5 Å². The van der Waals surface area contributed by atoms with Gasteiger partial charge in [-0.3, -0.25) is 9.59 Å². The fourth-order valence-electron chi connectivity index (χ4n) is 3.68. The molecule has 1 saturated heterocycles. The monoisotopic (exact) mass is 395 g/mol. The second-order valence-electron chi connectivity index (χ2n) is 7.34. The number of hydrogen-bond acceptors (Lipinski definition) is 5. The number of carbonyl (C=O) groups is 2. The molecule has 0 aliphatic carbocycles. The molecule has 29 heavy (non-hydrogen) atoms. The van der Waals surface area contributed by atoms with Crippen LogP contribution in [0.15, 0.2) is 36.4 Å². The van der Waals surface area contributed by atoms with Crippen LogP contribution in [0.2, 0.25) is 0 Å². The molecule has 0 unspecified atom stereocenters. The van der Waals surface area contributed by atoms with E-state index in [1.165, 1.54) is 16.8 Å². The quantitative estimate of drug-likeness (QED) is 0.859. The van der Waals surface area contributed by atoms with E-state index in [0.717, 1.165) is 13.1 Å². The van der Waals surface area contributed by atoms with Gasteiger partial charge in [0, 0.05) is 37.4 Å². The fourth-order valence-corrected chi connectivity index (χ4v) is 3.68. The van der Waals surface area contributed by atoms with Crippen LogP contribution in [0.3, 0.4) is 0 Å². The van der Waals surface area contributed by atoms with Crippen LogP contribution in [-0.4, -0.2) is 56.2 Å². The highest BCUT2D eigenvalue weighted by Gasteiger charge is 2.23. The SMILES string of the molecule is Cc1cccc(N2CCN(C(=O)CNC(=O)c3ccc4c(c3)OCO4)CC2)c1C. The van der Waals surface area contributed by atoms with Gasteiger partial charge in [0.1, 0.15) is 0 Å². The summed E-state index contributed by atoms with van der Waals surface area (Å²) in [5.41, 5.74) is 4.23. The van der Waals surface area contributed by atoms with Crippen molar-refractivity contribution in [1.29, 1.82) is 0 Å². The summed E-state index contributed by atoms with van der Waals surface area (Å²) in [5, 5.41) is 2.71. The van der Waals surface area contributed by atoms with Crippen molar-refractivity contribution in [3.8, 4) is 11.5 Å². The average Bonchev–Trinajstić information content (AvgIpc) is 3.22. The van der Waals surface area contributed by atoms with Gasteiger partial charge in [-0.2, -0.15) is 0 Å². The molecule has 2 aromatic carbocycles. The molecule has 7 heteroatoms. The number of benzene rings is 2. The second-order valence-corrected chi connectivity index (χ2v) is 7.34. The summed E-state index contributed by atoms with van der Waals surface area (Å²) < 4.78 is 10.5. The number of nitrogens with zero attached hydrogens (tertiary/aromatic N) is 2. The Labute approximate surface area is 170 Å². The maximum Gasteiger partial charge on any atom is 0.251 e. The largest absolute Gasteiger partial charge is 0.454 e. The van der Waals surface area contributed by atoms with E-state index in [-0.39, 0.29) is 25.2 Å². The van der Waals surface area contributed by atoms with Gasteiger partial charge in [0.05, 0.1) is 6.54 Å². The lowest BCUT2D eigenvalue weighted by Crippen LogP contribution is -2.51. The first-order chi connectivity index (χ1) is 14.0. The highest BCUT2D eigenvalue weighted by molar-refractivity contribution is 5.97. The fraction of sp³-hybridized carbons (Fsp3) is 0.364. The summed E-state index contributed by atoms with van der Waals surface area (Å²) in [4.78, 5) is 29.0. The maximum atomic E-state index is 12.5. The topological polar surface area (TPSA) is 71.1 Å². The van der Waals surface area contributed by atoms with E-state index in [1.807, 2.05) is 4.90 Å². The van der Waals surface area contributed by atoms with Gasteiger partial charge in [-0.1, -0.05) is 12.1 Å². The molecule has 0 aromatic heterocycles. The lowest BCUT2D eigenvalue weighted by molar-refractivity contribution is -0.130. The molecular weight excluding hydrogens is 370 g/mol. The minimum atomic E-state index is -0.300. The van der Waals surface area contributed by atoms with Crippen LogP contribution < -0.4 is 19.7 Å². The molecule has 152 valence electrons. The smallest absolute Gasteiger partial charge is 0.251 e. The van der Waals surface area contributed by atoms with Crippen LogP contribution in [0, 0.1) is 13.8 Å². The Morgan fingerprint density at radius 2 is 1.76 bits per heavy atom. The number of aryl methyl sites for hydroxylation is 1. The molecule has 4 rings (SSSR count). The Morgan fingerprint density at radius 1 is 1.00 bits per heavy atom. The molecule has 0 saturated carbocycles. The minimum Gasteiger partial charge on any atom is -0.454 e. The van der Waals surface area contributed by atoms with Crippen molar-refractivity contribution in [1.82, 2.24) is 10.2 Å². The highest BCUT2D eigenvalue weighted by Crippen LogP contribution is 2.32. The number of carbonyl (C=O) groups excluding carboxylic acids is 2. The summed E-state index contributed by atoms with van der Waals surface area (Å²) in [6.45, 7) is 7.25. The van der Waals surface area contributed by atoms with Crippen LogP contribution in [-0.2, 0) is 4.79 Å². The number of nitrogens with one attached hydrogen (secondary N) is 1. The third-order valence-electron chi connectivity index (χ3n) is 5.58. The maximum absolute atomic E-state index is 12.5. The highest BCUT2D eigenvalue weighted by atomic mass is 16.7. The molecule has 0 radical (unpaired) electrons. The Bertz CT molecular complexity index is 936. The van der Waals surface area contributed by atoms with E-state index in [2.05, 4.69) is 42.3 Å². The molecular formula is C22H25N3O4. The zero-order valence-electron chi connectivity index (χ0n) is 16.7. The number of hydrogen-bond donors (Lipinski definition) is 1. The predicted molar refractivity (Wildman–Crippen MR) is 110 cm³/mol. The van der Waals surface area contributed by atoms with E-state index in [1.54, 1.807) is 18.2 Å². The van der Waals surface area contributed by atoms with Crippen molar-refractivity contribution in [2.75, 3.05) is 44.4 Å². The van der Waals surface area contributed by atoms with E-state index in [0.29, 0.717) is 30.2 Å². The summed E-state index contributed by atoms with van der Waals surface area (Å²) in [6.07, 6.45) is 0. The van der Waals surface area contributed by atoms with Gasteiger partial charge in [-0.05, 0) is 49.2 Å². The third-order valence-corrected chi connectivity index (χ3v) is 5.58. The van der Waals surface area contributed by atoms with Crippen LogP contribution in [0.5, 0.6) is 11.5 Å². The van der Waals surface area contributed by atoms with Gasteiger partial charge in [0.25, 0.3) is 5.91 Å². The van der Waals surface area contributed by atoms with Crippen LogP contribution >= 0.6 is 0 Å². The van der Waals surface area contributed by atoms with Crippen molar-refractivity contribution in [2.24, 2.45) is 0 Å². The average molecular weight is 395 g/mol. The van der Waals surface area contributed by atoms with Crippen molar-refractivity contribution in [3.63, 3.8) is 0 Å². The summed E-state index contributed by atoms with van der Waals surface area (Å²) in [7, 11) is 0. The van der Waals surface area contributed by atoms with Crippen molar-refractivity contribution in [2.45, 2.75) is 13.8 Å². The van der Waals surface area contributed by atoms with E-state index >= 15 is 0 Å². The molecule has 2 aromatic rings. The van der Waals surface area contributed by atoms with Crippen LogP contribution in [0.1, 0.15) is 21.5 Å². The molecule has 0 spiro atoms. The van der Waals surface area contributed by atoms with E-state index < -0.39 is 0 Å². The molecule has 2 aliphatic heterocycles. The first-order valence-corrected chi connectivity index (χ1v) is 9.80. The molecule has 2 heterocycles. The lowest BCUT2D eigenvalue weighted by atomic mass is 10.1. The molecule has 7 nitrogen and oxygen atoms in total. The van der Waals surface area contributed by atoms with E-state index in [9.17, 15) is 9.59 Å². The number of amides is 2. The Kier molecular flexibility index (Phi) is 5.29. The summed E-state index contributed by atoms with van der Waals surface area (Å²) in [5.74, 6) is 0.802. The minimum absolute atomic E-state index is 0.0171. The zero-order valence-corrected chi connectivity index (χ0v) is 16.7. The van der Waals surface area contributed by atoms with Gasteiger partial charge < -0.3 is 24.6 Å². The standard InChI is InChI=1S/C22H25N3O4/c1-15-4-3-5-18(16(15)2)24-8-10-25(11-9-24)21(26)13-23-22(27)17-6-7-19-20(12-17)29-14-28-19/h3-7,12H,8-11,13-14H2,1-2H3,(H,23,27). The zero-order chi connectivity index (χ0) is 20.4.